The van der Waals surface area contributed by atoms with Gasteiger partial charge in [0.2, 0.25) is 0 Å². The van der Waals surface area contributed by atoms with E-state index in [1.165, 1.54) is 6.42 Å². The van der Waals surface area contributed by atoms with E-state index in [9.17, 15) is 0 Å². The van der Waals surface area contributed by atoms with Crippen molar-refractivity contribution in [3.05, 3.63) is 0 Å². The molecule has 1 atom stereocenters. The summed E-state index contributed by atoms with van der Waals surface area (Å²) >= 11 is 0. The topological polar surface area (TPSA) is 35.2 Å². The molecular weight excluding hydrogens is 150 g/mol. The lowest BCUT2D eigenvalue weighted by Gasteiger charge is -2.15. The third kappa shape index (κ3) is 8.02. The predicted molar refractivity (Wildman–Crippen MR) is 53.1 cm³/mol. The van der Waals surface area contributed by atoms with E-state index in [2.05, 4.69) is 13.8 Å². The van der Waals surface area contributed by atoms with E-state index >= 15 is 0 Å². The molecule has 0 rings (SSSR count). The number of rotatable bonds is 6. The van der Waals surface area contributed by atoms with E-state index in [0.29, 0.717) is 12.7 Å². The maximum Gasteiger partial charge on any atom is 0.0620 e. The van der Waals surface area contributed by atoms with Crippen molar-refractivity contribution in [1.82, 2.24) is 0 Å². The molecule has 0 fully saturated rings. The van der Waals surface area contributed by atoms with E-state index in [1.54, 1.807) is 0 Å². The highest BCUT2D eigenvalue weighted by atomic mass is 16.5. The molecule has 0 saturated carbocycles. The van der Waals surface area contributed by atoms with Gasteiger partial charge < -0.3 is 10.5 Å². The zero-order chi connectivity index (χ0) is 9.56. The quantitative estimate of drug-likeness (QED) is 0.668. The molecule has 1 unspecified atom stereocenters. The summed E-state index contributed by atoms with van der Waals surface area (Å²) in [6.07, 6.45) is 2.57. The van der Waals surface area contributed by atoms with Crippen LogP contribution < -0.4 is 5.73 Å². The van der Waals surface area contributed by atoms with Crippen molar-refractivity contribution in [3.63, 3.8) is 0 Å². The zero-order valence-corrected chi connectivity index (χ0v) is 8.84. The van der Waals surface area contributed by atoms with Crippen LogP contribution in [0.2, 0.25) is 0 Å². The summed E-state index contributed by atoms with van der Waals surface area (Å²) in [6.45, 7) is 9.21. The van der Waals surface area contributed by atoms with Gasteiger partial charge in [-0.05, 0) is 32.6 Å². The summed E-state index contributed by atoms with van der Waals surface area (Å²) < 4.78 is 5.41. The molecule has 0 amide bonds. The molecule has 0 aliphatic carbocycles. The Bertz CT molecular complexity index is 90.0. The first-order chi connectivity index (χ1) is 5.52. The van der Waals surface area contributed by atoms with E-state index in [-0.39, 0.29) is 6.04 Å². The second kappa shape index (κ2) is 6.44. The molecule has 0 bridgehead atoms. The van der Waals surface area contributed by atoms with Gasteiger partial charge in [0.15, 0.2) is 0 Å². The van der Waals surface area contributed by atoms with Gasteiger partial charge in [-0.15, -0.1) is 0 Å². The summed E-state index contributed by atoms with van der Waals surface area (Å²) in [4.78, 5) is 0. The highest BCUT2D eigenvalue weighted by molar-refractivity contribution is 4.61. The van der Waals surface area contributed by atoms with Gasteiger partial charge in [0, 0.05) is 6.04 Å². The van der Waals surface area contributed by atoms with Crippen molar-refractivity contribution in [3.8, 4) is 0 Å². The molecule has 0 aliphatic heterocycles. The van der Waals surface area contributed by atoms with Gasteiger partial charge in [-0.2, -0.15) is 0 Å². The Morgan fingerprint density at radius 2 is 1.67 bits per heavy atom. The molecule has 0 aromatic rings. The van der Waals surface area contributed by atoms with Crippen LogP contribution in [0.1, 0.15) is 40.5 Å². The van der Waals surface area contributed by atoms with Crippen LogP contribution >= 0.6 is 0 Å². The Morgan fingerprint density at radius 3 is 2.08 bits per heavy atom. The average molecular weight is 173 g/mol. The van der Waals surface area contributed by atoms with Crippen LogP contribution in [0.3, 0.4) is 0 Å². The van der Waals surface area contributed by atoms with E-state index < -0.39 is 0 Å². The van der Waals surface area contributed by atoms with Crippen LogP contribution in [0.15, 0.2) is 0 Å². The Labute approximate surface area is 76.5 Å². The van der Waals surface area contributed by atoms with Crippen LogP contribution in [0.4, 0.5) is 0 Å². The van der Waals surface area contributed by atoms with Crippen LogP contribution in [-0.4, -0.2) is 18.8 Å². The molecule has 2 heteroatoms. The molecule has 0 saturated heterocycles. The minimum Gasteiger partial charge on any atom is -0.377 e. The van der Waals surface area contributed by atoms with Crippen molar-refractivity contribution >= 4 is 0 Å². The van der Waals surface area contributed by atoms with Crippen LogP contribution in [-0.2, 0) is 4.74 Å². The van der Waals surface area contributed by atoms with E-state index in [1.807, 2.05) is 13.8 Å². The number of nitrogens with two attached hydrogens (primary N) is 1. The van der Waals surface area contributed by atoms with Crippen molar-refractivity contribution in [2.24, 2.45) is 11.7 Å². The van der Waals surface area contributed by atoms with Gasteiger partial charge in [-0.3, -0.25) is 0 Å². The maximum atomic E-state index is 5.85. The maximum absolute atomic E-state index is 5.85. The Kier molecular flexibility index (Phi) is 6.39. The summed E-state index contributed by atoms with van der Waals surface area (Å²) in [7, 11) is 0. The van der Waals surface area contributed by atoms with Crippen LogP contribution in [0, 0.1) is 5.92 Å². The van der Waals surface area contributed by atoms with Gasteiger partial charge in [-0.1, -0.05) is 13.8 Å². The number of ether oxygens (including phenoxy) is 1. The molecule has 12 heavy (non-hydrogen) atoms. The summed E-state index contributed by atoms with van der Waals surface area (Å²) in [5.74, 6) is 0.745. The van der Waals surface area contributed by atoms with Crippen LogP contribution in [0.25, 0.3) is 0 Å². The molecule has 0 aliphatic rings. The standard InChI is InChI=1S/C10H23NO/c1-8(2)5-6-10(11)7-12-9(3)4/h8-10H,5-7,11H2,1-4H3. The van der Waals surface area contributed by atoms with Crippen LogP contribution in [0.5, 0.6) is 0 Å². The SMILES string of the molecule is CC(C)CCC(N)COC(C)C. The molecule has 0 radical (unpaired) electrons. The fraction of sp³-hybridized carbons (Fsp3) is 1.00. The molecule has 0 aromatic carbocycles. The molecule has 2 nitrogen and oxygen atoms in total. The molecule has 0 spiro atoms. The first-order valence-electron chi connectivity index (χ1n) is 4.89. The van der Waals surface area contributed by atoms with Gasteiger partial charge >= 0.3 is 0 Å². The minimum atomic E-state index is 0.217. The Balaban J connectivity index is 3.27. The molecule has 0 aromatic heterocycles. The summed E-state index contributed by atoms with van der Waals surface area (Å²) in [6, 6.07) is 0.217. The average Bonchev–Trinajstić information content (AvgIpc) is 1.96. The Hall–Kier alpha value is -0.0800. The van der Waals surface area contributed by atoms with Crippen molar-refractivity contribution in [2.75, 3.05) is 6.61 Å². The Morgan fingerprint density at radius 1 is 1.08 bits per heavy atom. The first-order valence-corrected chi connectivity index (χ1v) is 4.89. The van der Waals surface area contributed by atoms with E-state index in [4.69, 9.17) is 10.5 Å². The van der Waals surface area contributed by atoms with E-state index in [0.717, 1.165) is 12.3 Å². The normalized spacial score (nSPS) is 14.2. The molecule has 0 heterocycles. The molecule has 74 valence electrons. The number of hydrogen-bond acceptors (Lipinski definition) is 2. The molecular formula is C10H23NO. The highest BCUT2D eigenvalue weighted by Crippen LogP contribution is 2.06. The molecule has 2 N–H and O–H groups in total. The largest absolute Gasteiger partial charge is 0.377 e. The fourth-order valence-corrected chi connectivity index (χ4v) is 0.947. The highest BCUT2D eigenvalue weighted by Gasteiger charge is 2.04. The second-order valence-electron chi connectivity index (χ2n) is 4.11. The third-order valence-electron chi connectivity index (χ3n) is 1.76. The van der Waals surface area contributed by atoms with Gasteiger partial charge in [-0.25, -0.2) is 0 Å². The lowest BCUT2D eigenvalue weighted by atomic mass is 10.0. The summed E-state index contributed by atoms with van der Waals surface area (Å²) in [5, 5.41) is 0. The van der Waals surface area contributed by atoms with Crippen molar-refractivity contribution < 1.29 is 4.74 Å². The second-order valence-corrected chi connectivity index (χ2v) is 4.11. The predicted octanol–water partition coefficient (Wildman–Crippen LogP) is 2.17. The summed E-state index contributed by atoms with van der Waals surface area (Å²) in [5.41, 5.74) is 5.85. The third-order valence-corrected chi connectivity index (χ3v) is 1.76. The van der Waals surface area contributed by atoms with Gasteiger partial charge in [0.25, 0.3) is 0 Å². The number of hydrogen-bond donors (Lipinski definition) is 1. The zero-order valence-electron chi connectivity index (χ0n) is 8.84. The first kappa shape index (κ1) is 11.9. The van der Waals surface area contributed by atoms with Crippen molar-refractivity contribution in [1.29, 1.82) is 0 Å². The fourth-order valence-electron chi connectivity index (χ4n) is 0.947. The lowest BCUT2D eigenvalue weighted by Crippen LogP contribution is -2.28. The monoisotopic (exact) mass is 173 g/mol. The van der Waals surface area contributed by atoms with Crippen molar-refractivity contribution in [2.45, 2.75) is 52.7 Å². The minimum absolute atomic E-state index is 0.217. The van der Waals surface area contributed by atoms with Gasteiger partial charge in [0.05, 0.1) is 12.7 Å². The lowest BCUT2D eigenvalue weighted by molar-refractivity contribution is 0.0660. The smallest absolute Gasteiger partial charge is 0.0620 e. The van der Waals surface area contributed by atoms with Gasteiger partial charge in [0.1, 0.15) is 0 Å².